The highest BCUT2D eigenvalue weighted by Gasteiger charge is 2.25. The first-order chi connectivity index (χ1) is 19.9. The van der Waals surface area contributed by atoms with Crippen LogP contribution in [0.3, 0.4) is 0 Å². The fraction of sp³-hybridized carbons (Fsp3) is 0.471. The van der Waals surface area contributed by atoms with E-state index < -0.39 is 0 Å². The summed E-state index contributed by atoms with van der Waals surface area (Å²) in [6.45, 7) is 6.35. The van der Waals surface area contributed by atoms with E-state index >= 15 is 4.39 Å². The number of methoxy groups -OCH3 is 1. The van der Waals surface area contributed by atoms with Crippen molar-refractivity contribution in [2.24, 2.45) is 0 Å². The van der Waals surface area contributed by atoms with Gasteiger partial charge in [-0.15, -0.1) is 0 Å². The third-order valence-electron chi connectivity index (χ3n) is 8.46. The molecular weight excluding hydrogens is 519 g/mol. The van der Waals surface area contributed by atoms with Crippen LogP contribution < -0.4 is 14.4 Å². The lowest BCUT2D eigenvalue weighted by Gasteiger charge is -2.32. The van der Waals surface area contributed by atoms with Crippen LogP contribution in [-0.4, -0.2) is 63.1 Å². The number of aromatic hydroxyl groups is 1. The summed E-state index contributed by atoms with van der Waals surface area (Å²) in [5.41, 5.74) is 5.81. The number of aryl methyl sites for hydroxylation is 1. The molecule has 1 heterocycles. The Hall–Kier alpha value is -3.29. The molecule has 5 rings (SSSR count). The maximum Gasteiger partial charge on any atom is 0.165 e. The summed E-state index contributed by atoms with van der Waals surface area (Å²) in [5.74, 6) is 1.44. The molecule has 1 aliphatic carbocycles. The zero-order valence-corrected chi connectivity index (χ0v) is 24.6. The molecule has 41 heavy (non-hydrogen) atoms. The van der Waals surface area contributed by atoms with Crippen molar-refractivity contribution < 1.29 is 23.7 Å². The van der Waals surface area contributed by atoms with Crippen molar-refractivity contribution in [2.45, 2.75) is 57.6 Å². The number of nitrogens with zero attached hydrogens (tertiary/aromatic N) is 2. The molecule has 2 unspecified atom stereocenters. The highest BCUT2D eigenvalue weighted by atomic mass is 19.1. The Kier molecular flexibility index (Phi) is 9.68. The highest BCUT2D eigenvalue weighted by molar-refractivity contribution is 5.60. The van der Waals surface area contributed by atoms with Gasteiger partial charge in [0.05, 0.1) is 13.2 Å². The third-order valence-corrected chi connectivity index (χ3v) is 8.46. The number of phenolic OH excluding ortho intramolecular Hbond substituents is 1. The second-order valence-electron chi connectivity index (χ2n) is 11.3. The number of halogens is 1. The lowest BCUT2D eigenvalue weighted by atomic mass is 9.79. The van der Waals surface area contributed by atoms with Gasteiger partial charge >= 0.3 is 0 Å². The first-order valence-corrected chi connectivity index (χ1v) is 14.9. The lowest BCUT2D eigenvalue weighted by molar-refractivity contribution is 0.0769. The van der Waals surface area contributed by atoms with Crippen molar-refractivity contribution in [3.63, 3.8) is 0 Å². The molecule has 1 aliphatic heterocycles. The molecule has 6 nitrogen and oxygen atoms in total. The Morgan fingerprint density at radius 1 is 1.05 bits per heavy atom. The predicted molar refractivity (Wildman–Crippen MR) is 161 cm³/mol. The zero-order chi connectivity index (χ0) is 28.8. The van der Waals surface area contributed by atoms with Crippen LogP contribution in [0.1, 0.15) is 54.4 Å². The fourth-order valence-corrected chi connectivity index (χ4v) is 6.16. The van der Waals surface area contributed by atoms with Gasteiger partial charge in [-0.05, 0) is 105 Å². The largest absolute Gasteiger partial charge is 0.508 e. The van der Waals surface area contributed by atoms with Crippen LogP contribution >= 0.6 is 0 Å². The van der Waals surface area contributed by atoms with Gasteiger partial charge in [-0.2, -0.15) is 0 Å². The minimum atomic E-state index is -0.335. The van der Waals surface area contributed by atoms with Gasteiger partial charge in [0.1, 0.15) is 18.1 Å². The number of hydrogen-bond donors (Lipinski definition) is 1. The molecule has 1 saturated heterocycles. The Morgan fingerprint density at radius 3 is 2.68 bits per heavy atom. The van der Waals surface area contributed by atoms with Gasteiger partial charge < -0.3 is 29.1 Å². The van der Waals surface area contributed by atoms with Crippen LogP contribution in [0.2, 0.25) is 0 Å². The number of rotatable bonds is 12. The van der Waals surface area contributed by atoms with Crippen molar-refractivity contribution in [2.75, 3.05) is 51.9 Å². The smallest absolute Gasteiger partial charge is 0.165 e. The average Bonchev–Trinajstić information content (AvgIpc) is 3.49. The molecular formula is C34H43FN2O4. The molecule has 7 heteroatoms. The van der Waals surface area contributed by atoms with Crippen LogP contribution in [-0.2, 0) is 24.1 Å². The van der Waals surface area contributed by atoms with E-state index in [0.717, 1.165) is 75.3 Å². The summed E-state index contributed by atoms with van der Waals surface area (Å²) >= 11 is 0. The van der Waals surface area contributed by atoms with Crippen LogP contribution in [0.15, 0.2) is 54.6 Å². The van der Waals surface area contributed by atoms with E-state index in [1.54, 1.807) is 25.3 Å². The summed E-state index contributed by atoms with van der Waals surface area (Å²) in [5, 5.41) is 9.91. The standard InChI is InChI=1S/C34H43FN2O4/c1-4-37(22-24-7-14-34(32(35)18-24)41-17-15-36(2)23-30-6-5-16-40-30)33-21-29(39-3)12-13-31(33)27-9-8-26-20-28(38)11-10-25(26)19-27/h7,10-14,18,20-21,27,30,38H,4-6,8-9,15-17,19,22-23H2,1-3H3. The van der Waals surface area contributed by atoms with Crippen LogP contribution in [0, 0.1) is 5.82 Å². The van der Waals surface area contributed by atoms with Crippen molar-refractivity contribution in [1.29, 1.82) is 0 Å². The predicted octanol–water partition coefficient (Wildman–Crippen LogP) is 6.33. The maximum atomic E-state index is 15.1. The van der Waals surface area contributed by atoms with E-state index in [0.29, 0.717) is 30.9 Å². The van der Waals surface area contributed by atoms with E-state index in [-0.39, 0.29) is 11.6 Å². The number of fused-ring (bicyclic) bond motifs is 1. The van der Waals surface area contributed by atoms with Crippen molar-refractivity contribution in [3.05, 3.63) is 82.7 Å². The number of likely N-dealkylation sites (N-methyl/N-ethyl adjacent to an activating group) is 1. The van der Waals surface area contributed by atoms with Gasteiger partial charge in [0.25, 0.3) is 0 Å². The Labute approximate surface area is 243 Å². The minimum absolute atomic E-state index is 0.288. The molecule has 3 aromatic rings. The molecule has 0 bridgehead atoms. The fourth-order valence-electron chi connectivity index (χ4n) is 6.16. The Balaban J connectivity index is 1.26. The number of anilines is 1. The molecule has 220 valence electrons. The van der Waals surface area contributed by atoms with Gasteiger partial charge in [0.2, 0.25) is 0 Å². The lowest BCUT2D eigenvalue weighted by Crippen LogP contribution is -2.32. The molecule has 3 aromatic carbocycles. The Bertz CT molecular complexity index is 1310. The summed E-state index contributed by atoms with van der Waals surface area (Å²) in [4.78, 5) is 4.47. The van der Waals surface area contributed by atoms with Crippen LogP contribution in [0.5, 0.6) is 17.2 Å². The van der Waals surface area contributed by atoms with Gasteiger partial charge in [0.15, 0.2) is 11.6 Å². The molecule has 2 aliphatic rings. The number of ether oxygens (including phenoxy) is 3. The molecule has 2 atom stereocenters. The number of phenols is 1. The van der Waals surface area contributed by atoms with Gasteiger partial charge in [-0.25, -0.2) is 4.39 Å². The first-order valence-electron chi connectivity index (χ1n) is 14.9. The number of hydrogen-bond acceptors (Lipinski definition) is 6. The van der Waals surface area contributed by atoms with Crippen molar-refractivity contribution in [3.8, 4) is 17.2 Å². The van der Waals surface area contributed by atoms with Crippen molar-refractivity contribution >= 4 is 5.69 Å². The monoisotopic (exact) mass is 562 g/mol. The van der Waals surface area contributed by atoms with E-state index in [1.165, 1.54) is 16.7 Å². The van der Waals surface area contributed by atoms with E-state index in [2.05, 4.69) is 28.9 Å². The molecule has 0 saturated carbocycles. The topological polar surface area (TPSA) is 54.4 Å². The summed E-state index contributed by atoms with van der Waals surface area (Å²) < 4.78 is 32.2. The van der Waals surface area contributed by atoms with E-state index in [9.17, 15) is 5.11 Å². The average molecular weight is 563 g/mol. The van der Waals surface area contributed by atoms with Crippen molar-refractivity contribution in [1.82, 2.24) is 4.90 Å². The summed E-state index contributed by atoms with van der Waals surface area (Å²) in [6, 6.07) is 17.3. The van der Waals surface area contributed by atoms with E-state index in [4.69, 9.17) is 14.2 Å². The third kappa shape index (κ3) is 7.32. The molecule has 0 amide bonds. The van der Waals surface area contributed by atoms with Crippen LogP contribution in [0.4, 0.5) is 10.1 Å². The van der Waals surface area contributed by atoms with Gasteiger partial charge in [0, 0.05) is 44.5 Å². The quantitative estimate of drug-likeness (QED) is 0.279. The summed E-state index contributed by atoms with van der Waals surface area (Å²) in [7, 11) is 3.74. The van der Waals surface area contributed by atoms with Gasteiger partial charge in [-0.1, -0.05) is 18.2 Å². The molecule has 0 aromatic heterocycles. The molecule has 1 N–H and O–H groups in total. The first kappa shape index (κ1) is 29.2. The van der Waals surface area contributed by atoms with Crippen LogP contribution in [0.25, 0.3) is 0 Å². The SMILES string of the molecule is CCN(Cc1ccc(OCCN(C)CC2CCCO2)c(F)c1)c1cc(OC)ccc1C1CCc2cc(O)ccc2C1. The van der Waals surface area contributed by atoms with Gasteiger partial charge in [-0.3, -0.25) is 0 Å². The maximum absolute atomic E-state index is 15.1. The minimum Gasteiger partial charge on any atom is -0.508 e. The second-order valence-corrected chi connectivity index (χ2v) is 11.3. The highest BCUT2D eigenvalue weighted by Crippen LogP contribution is 2.40. The molecule has 1 fully saturated rings. The van der Waals surface area contributed by atoms with E-state index in [1.807, 2.05) is 31.3 Å². The number of benzene rings is 3. The normalized spacial score (nSPS) is 18.4. The summed E-state index contributed by atoms with van der Waals surface area (Å²) in [6.07, 6.45) is 5.40. The Morgan fingerprint density at radius 2 is 1.93 bits per heavy atom. The molecule has 0 radical (unpaired) electrons. The second kappa shape index (κ2) is 13.6. The zero-order valence-electron chi connectivity index (χ0n) is 24.6. The molecule has 0 spiro atoms.